The van der Waals surface area contributed by atoms with Gasteiger partial charge in [0, 0.05) is 24.2 Å². The van der Waals surface area contributed by atoms with Crippen molar-refractivity contribution in [1.82, 2.24) is 9.78 Å². The number of thiophene rings is 1. The van der Waals surface area contributed by atoms with Crippen LogP contribution in [-0.2, 0) is 7.05 Å². The molecule has 1 aliphatic heterocycles. The topological polar surface area (TPSA) is 65.4 Å². The number of benzene rings is 1. The van der Waals surface area contributed by atoms with Crippen LogP contribution < -0.4 is 14.8 Å². The lowest BCUT2D eigenvalue weighted by Gasteiger charge is -2.18. The van der Waals surface area contributed by atoms with Crippen LogP contribution in [0.3, 0.4) is 0 Å². The van der Waals surface area contributed by atoms with Gasteiger partial charge in [0.1, 0.15) is 13.2 Å². The zero-order valence-corrected chi connectivity index (χ0v) is 13.8. The maximum Gasteiger partial charge on any atom is 0.266 e. The lowest BCUT2D eigenvalue weighted by atomic mass is 10.1. The minimum absolute atomic E-state index is 0.164. The van der Waals surface area contributed by atoms with Crippen molar-refractivity contribution in [2.45, 2.75) is 0 Å². The molecule has 2 aromatic heterocycles. The molecule has 1 aromatic carbocycles. The van der Waals surface area contributed by atoms with Crippen molar-refractivity contribution in [3.8, 4) is 21.9 Å². The maximum atomic E-state index is 12.3. The first-order valence-electron chi connectivity index (χ1n) is 7.50. The molecule has 0 radical (unpaired) electrons. The molecule has 0 saturated carbocycles. The predicted octanol–water partition coefficient (Wildman–Crippen LogP) is 3.17. The Morgan fingerprint density at radius 2 is 2.00 bits per heavy atom. The van der Waals surface area contributed by atoms with Crippen molar-refractivity contribution >= 4 is 23.1 Å². The van der Waals surface area contributed by atoms with Gasteiger partial charge in [-0.2, -0.15) is 5.10 Å². The number of rotatable bonds is 3. The molecule has 0 bridgehead atoms. The Balaban J connectivity index is 1.55. The minimum Gasteiger partial charge on any atom is -0.486 e. The second-order valence-corrected chi connectivity index (χ2v) is 6.43. The van der Waals surface area contributed by atoms with Crippen LogP contribution in [0.5, 0.6) is 11.5 Å². The number of anilines is 1. The van der Waals surface area contributed by atoms with Crippen LogP contribution >= 0.6 is 11.3 Å². The molecule has 24 heavy (non-hydrogen) atoms. The van der Waals surface area contributed by atoms with Gasteiger partial charge < -0.3 is 14.8 Å². The number of hydrogen-bond acceptors (Lipinski definition) is 5. The van der Waals surface area contributed by atoms with E-state index in [1.807, 2.05) is 30.3 Å². The van der Waals surface area contributed by atoms with Gasteiger partial charge in [0.2, 0.25) is 0 Å². The zero-order chi connectivity index (χ0) is 16.5. The fourth-order valence-electron chi connectivity index (χ4n) is 2.47. The summed E-state index contributed by atoms with van der Waals surface area (Å²) in [5.74, 6) is 1.88. The van der Waals surface area contributed by atoms with Gasteiger partial charge in [-0.3, -0.25) is 9.48 Å². The van der Waals surface area contributed by atoms with Gasteiger partial charge in [0.05, 0.1) is 4.88 Å². The number of amides is 1. The van der Waals surface area contributed by atoms with E-state index in [1.54, 1.807) is 24.0 Å². The molecular weight excluding hydrogens is 326 g/mol. The first kappa shape index (κ1) is 14.8. The number of aromatic nitrogens is 2. The molecule has 0 saturated heterocycles. The molecule has 0 spiro atoms. The quantitative estimate of drug-likeness (QED) is 0.795. The summed E-state index contributed by atoms with van der Waals surface area (Å²) >= 11 is 1.43. The van der Waals surface area contributed by atoms with E-state index in [2.05, 4.69) is 10.4 Å². The number of fused-ring (bicyclic) bond motifs is 1. The highest BCUT2D eigenvalue weighted by molar-refractivity contribution is 7.17. The summed E-state index contributed by atoms with van der Waals surface area (Å²) in [6.07, 6.45) is 1.78. The van der Waals surface area contributed by atoms with Gasteiger partial charge in [0.25, 0.3) is 5.91 Å². The van der Waals surface area contributed by atoms with Gasteiger partial charge in [-0.15, -0.1) is 11.3 Å². The summed E-state index contributed by atoms with van der Waals surface area (Å²) in [7, 11) is 1.81. The molecule has 0 fully saturated rings. The van der Waals surface area contributed by atoms with Crippen LogP contribution in [0.25, 0.3) is 10.4 Å². The molecule has 1 aliphatic rings. The summed E-state index contributed by atoms with van der Waals surface area (Å²) in [6.45, 7) is 1.13. The zero-order valence-electron chi connectivity index (χ0n) is 13.0. The molecule has 0 unspecified atom stereocenters. The van der Waals surface area contributed by atoms with Gasteiger partial charge in [-0.25, -0.2) is 0 Å². The average molecular weight is 341 g/mol. The smallest absolute Gasteiger partial charge is 0.266 e. The monoisotopic (exact) mass is 341 g/mol. The van der Waals surface area contributed by atoms with Crippen molar-refractivity contribution in [2.75, 3.05) is 18.5 Å². The Morgan fingerprint density at radius 3 is 2.79 bits per heavy atom. The molecule has 0 atom stereocenters. The van der Waals surface area contributed by atoms with E-state index in [1.165, 1.54) is 11.3 Å². The average Bonchev–Trinajstić information content (AvgIpc) is 3.24. The molecule has 1 amide bonds. The number of carbonyl (C=O) groups is 1. The van der Waals surface area contributed by atoms with Crippen LogP contribution in [0.2, 0.25) is 0 Å². The third kappa shape index (κ3) is 2.85. The third-order valence-electron chi connectivity index (χ3n) is 3.61. The minimum atomic E-state index is -0.164. The summed E-state index contributed by atoms with van der Waals surface area (Å²) in [5.41, 5.74) is 1.00. The van der Waals surface area contributed by atoms with Gasteiger partial charge in [0.15, 0.2) is 17.3 Å². The Kier molecular flexibility index (Phi) is 3.70. The highest BCUT2D eigenvalue weighted by Crippen LogP contribution is 2.36. The standard InChI is InChI=1S/C17H15N3O3S/c1-20-7-6-16(19-20)18-17(21)15-5-4-14(24-15)11-2-3-12-13(10-11)23-9-8-22-12/h2-7,10H,8-9H2,1H3,(H,18,19,21). The summed E-state index contributed by atoms with van der Waals surface area (Å²) < 4.78 is 12.8. The second-order valence-electron chi connectivity index (χ2n) is 5.35. The fraction of sp³-hybridized carbons (Fsp3) is 0.176. The Bertz CT molecular complexity index is 900. The molecular formula is C17H15N3O3S. The molecule has 3 aromatic rings. The summed E-state index contributed by atoms with van der Waals surface area (Å²) in [6, 6.07) is 11.3. The highest BCUT2D eigenvalue weighted by Gasteiger charge is 2.15. The molecule has 122 valence electrons. The van der Waals surface area contributed by atoms with Gasteiger partial charge >= 0.3 is 0 Å². The molecule has 3 heterocycles. The SMILES string of the molecule is Cn1ccc(NC(=O)c2ccc(-c3ccc4c(c3)OCCO4)s2)n1. The van der Waals surface area contributed by atoms with Crippen molar-refractivity contribution in [3.63, 3.8) is 0 Å². The lowest BCUT2D eigenvalue weighted by Crippen LogP contribution is -2.15. The number of aryl methyl sites for hydroxylation is 1. The van der Waals surface area contributed by atoms with Crippen molar-refractivity contribution in [2.24, 2.45) is 7.05 Å². The van der Waals surface area contributed by atoms with E-state index in [0.717, 1.165) is 21.9 Å². The number of ether oxygens (including phenoxy) is 2. The maximum absolute atomic E-state index is 12.3. The van der Waals surface area contributed by atoms with Crippen molar-refractivity contribution in [1.29, 1.82) is 0 Å². The Labute approximate surface area is 142 Å². The van der Waals surface area contributed by atoms with Crippen LogP contribution in [0.1, 0.15) is 9.67 Å². The van der Waals surface area contributed by atoms with Crippen LogP contribution in [-0.4, -0.2) is 28.9 Å². The highest BCUT2D eigenvalue weighted by atomic mass is 32.1. The number of nitrogens with zero attached hydrogens (tertiary/aromatic N) is 2. The molecule has 1 N–H and O–H groups in total. The van der Waals surface area contributed by atoms with E-state index in [-0.39, 0.29) is 5.91 Å². The molecule has 7 heteroatoms. The third-order valence-corrected chi connectivity index (χ3v) is 4.74. The van der Waals surface area contributed by atoms with Gasteiger partial charge in [-0.05, 0) is 35.9 Å². The molecule has 6 nitrogen and oxygen atoms in total. The lowest BCUT2D eigenvalue weighted by molar-refractivity contribution is 0.103. The van der Waals surface area contributed by atoms with Crippen LogP contribution in [0.15, 0.2) is 42.6 Å². The van der Waals surface area contributed by atoms with E-state index in [9.17, 15) is 4.79 Å². The van der Waals surface area contributed by atoms with Gasteiger partial charge in [-0.1, -0.05) is 0 Å². The molecule has 0 aliphatic carbocycles. The van der Waals surface area contributed by atoms with Crippen LogP contribution in [0, 0.1) is 0 Å². The number of nitrogens with one attached hydrogen (secondary N) is 1. The summed E-state index contributed by atoms with van der Waals surface area (Å²) in [4.78, 5) is 13.9. The largest absolute Gasteiger partial charge is 0.486 e. The number of hydrogen-bond donors (Lipinski definition) is 1. The molecule has 4 rings (SSSR count). The predicted molar refractivity (Wildman–Crippen MR) is 91.9 cm³/mol. The fourth-order valence-corrected chi connectivity index (χ4v) is 3.37. The van der Waals surface area contributed by atoms with Crippen molar-refractivity contribution in [3.05, 3.63) is 47.5 Å². The Hall–Kier alpha value is -2.80. The summed E-state index contributed by atoms with van der Waals surface area (Å²) in [5, 5.41) is 6.94. The van der Waals surface area contributed by atoms with E-state index >= 15 is 0 Å². The Morgan fingerprint density at radius 1 is 1.17 bits per heavy atom. The first-order valence-corrected chi connectivity index (χ1v) is 8.31. The first-order chi connectivity index (χ1) is 11.7. The van der Waals surface area contributed by atoms with Crippen LogP contribution in [0.4, 0.5) is 5.82 Å². The number of carbonyl (C=O) groups excluding carboxylic acids is 1. The normalized spacial score (nSPS) is 12.9. The van der Waals surface area contributed by atoms with E-state index in [4.69, 9.17) is 9.47 Å². The second kappa shape index (κ2) is 6.01. The van der Waals surface area contributed by atoms with E-state index in [0.29, 0.717) is 23.9 Å². The van der Waals surface area contributed by atoms with Crippen molar-refractivity contribution < 1.29 is 14.3 Å². The van der Waals surface area contributed by atoms with E-state index < -0.39 is 0 Å².